The van der Waals surface area contributed by atoms with Crippen molar-refractivity contribution in [1.82, 2.24) is 9.88 Å². The number of nitrogens with zero attached hydrogens (tertiary/aromatic N) is 2. The van der Waals surface area contributed by atoms with Gasteiger partial charge in [-0.15, -0.1) is 0 Å². The fourth-order valence-electron chi connectivity index (χ4n) is 5.88. The predicted octanol–water partition coefficient (Wildman–Crippen LogP) is 5.83. The van der Waals surface area contributed by atoms with E-state index in [4.69, 9.17) is 0 Å². The summed E-state index contributed by atoms with van der Waals surface area (Å²) in [6.45, 7) is 3.18. The van der Waals surface area contributed by atoms with Crippen molar-refractivity contribution in [2.75, 3.05) is 26.2 Å². The van der Waals surface area contributed by atoms with Gasteiger partial charge in [0.05, 0.1) is 6.61 Å². The van der Waals surface area contributed by atoms with Crippen LogP contribution < -0.4 is 0 Å². The van der Waals surface area contributed by atoms with E-state index < -0.39 is 0 Å². The van der Waals surface area contributed by atoms with Crippen molar-refractivity contribution < 1.29 is 5.11 Å². The number of pyridine rings is 1. The third-order valence-electron chi connectivity index (χ3n) is 8.01. The Morgan fingerprint density at radius 3 is 1.69 bits per heavy atom. The van der Waals surface area contributed by atoms with Gasteiger partial charge in [0.1, 0.15) is 0 Å². The molecule has 3 nitrogen and oxygen atoms in total. The molecule has 0 spiro atoms. The zero-order valence-corrected chi connectivity index (χ0v) is 20.3. The van der Waals surface area contributed by atoms with Crippen LogP contribution in [0.5, 0.6) is 0 Å². The van der Waals surface area contributed by atoms with Gasteiger partial charge in [-0.2, -0.15) is 0 Å². The first-order valence-corrected chi connectivity index (χ1v) is 12.7. The van der Waals surface area contributed by atoms with Crippen LogP contribution in [0, 0.1) is 0 Å². The third-order valence-corrected chi connectivity index (χ3v) is 8.01. The quantitative estimate of drug-likeness (QED) is 0.358. The van der Waals surface area contributed by atoms with Gasteiger partial charge < -0.3 is 10.0 Å². The molecule has 0 saturated carbocycles. The van der Waals surface area contributed by atoms with Crippen LogP contribution >= 0.6 is 0 Å². The van der Waals surface area contributed by atoms with Gasteiger partial charge >= 0.3 is 0 Å². The Morgan fingerprint density at radius 2 is 1.17 bits per heavy atom. The topological polar surface area (TPSA) is 36.4 Å². The lowest BCUT2D eigenvalue weighted by atomic mass is 9.67. The first-order chi connectivity index (χ1) is 17.3. The highest BCUT2D eigenvalue weighted by molar-refractivity contribution is 5.49. The molecule has 0 aliphatic carbocycles. The molecule has 0 bridgehead atoms. The molecule has 2 heterocycles. The van der Waals surface area contributed by atoms with E-state index in [1.807, 2.05) is 12.4 Å². The maximum Gasteiger partial charge on any atom is 0.0528 e. The average molecular weight is 463 g/mol. The first kappa shape index (κ1) is 23.5. The largest absolute Gasteiger partial charge is 0.395 e. The summed E-state index contributed by atoms with van der Waals surface area (Å²) >= 11 is 0. The Balaban J connectivity index is 1.44. The summed E-state index contributed by atoms with van der Waals surface area (Å²) < 4.78 is 0. The highest BCUT2D eigenvalue weighted by Gasteiger charge is 2.39. The van der Waals surface area contributed by atoms with Crippen molar-refractivity contribution in [3.05, 3.63) is 138 Å². The maximum absolute atomic E-state index is 10.4. The molecule has 0 atom stereocenters. The number of piperidine rings is 1. The van der Waals surface area contributed by atoms with Crippen molar-refractivity contribution in [3.63, 3.8) is 0 Å². The fourth-order valence-corrected chi connectivity index (χ4v) is 5.88. The lowest BCUT2D eigenvalue weighted by Crippen LogP contribution is -2.46. The van der Waals surface area contributed by atoms with Gasteiger partial charge in [-0.1, -0.05) is 91.0 Å². The molecule has 3 aromatic carbocycles. The highest BCUT2D eigenvalue weighted by Crippen LogP contribution is 2.43. The molecular weight excluding hydrogens is 428 g/mol. The minimum atomic E-state index is -0.254. The van der Waals surface area contributed by atoms with E-state index in [9.17, 15) is 5.11 Å². The Kier molecular flexibility index (Phi) is 7.08. The van der Waals surface area contributed by atoms with Gasteiger partial charge in [0.25, 0.3) is 0 Å². The number of benzene rings is 3. The number of aromatic nitrogens is 1. The van der Waals surface area contributed by atoms with Gasteiger partial charge in [0.2, 0.25) is 0 Å². The molecule has 0 unspecified atom stereocenters. The van der Waals surface area contributed by atoms with Crippen molar-refractivity contribution in [3.8, 4) is 0 Å². The lowest BCUT2D eigenvalue weighted by Gasteiger charge is -2.43. The molecule has 3 heteroatoms. The monoisotopic (exact) mass is 462 g/mol. The van der Waals surface area contributed by atoms with E-state index >= 15 is 0 Å². The molecule has 1 saturated heterocycles. The van der Waals surface area contributed by atoms with Crippen molar-refractivity contribution in [2.24, 2.45) is 0 Å². The summed E-state index contributed by atoms with van der Waals surface area (Å²) in [7, 11) is 0. The Morgan fingerprint density at radius 1 is 0.686 bits per heavy atom. The predicted molar refractivity (Wildman–Crippen MR) is 142 cm³/mol. The Bertz CT molecular complexity index is 1070. The molecule has 1 aliphatic heterocycles. The van der Waals surface area contributed by atoms with E-state index in [0.717, 1.165) is 38.9 Å². The normalized spacial score (nSPS) is 16.1. The van der Waals surface area contributed by atoms with Gasteiger partial charge in [-0.3, -0.25) is 4.98 Å². The summed E-state index contributed by atoms with van der Waals surface area (Å²) in [6, 6.07) is 36.7. The van der Waals surface area contributed by atoms with Crippen LogP contribution in [0.4, 0.5) is 0 Å². The summed E-state index contributed by atoms with van der Waals surface area (Å²) in [5.74, 6) is 0. The zero-order valence-electron chi connectivity index (χ0n) is 20.3. The second-order valence-corrected chi connectivity index (χ2v) is 9.77. The smallest absolute Gasteiger partial charge is 0.0528 e. The van der Waals surface area contributed by atoms with E-state index in [1.54, 1.807) is 0 Å². The minimum absolute atomic E-state index is 0.126. The van der Waals surface area contributed by atoms with Crippen LogP contribution in [-0.2, 0) is 10.8 Å². The van der Waals surface area contributed by atoms with E-state index in [-0.39, 0.29) is 17.4 Å². The third kappa shape index (κ3) is 4.67. The van der Waals surface area contributed by atoms with Crippen LogP contribution in [0.15, 0.2) is 116 Å². The maximum atomic E-state index is 10.4. The van der Waals surface area contributed by atoms with Crippen LogP contribution in [0.25, 0.3) is 0 Å². The van der Waals surface area contributed by atoms with Crippen molar-refractivity contribution in [1.29, 1.82) is 0 Å². The van der Waals surface area contributed by atoms with Gasteiger partial charge in [0, 0.05) is 23.2 Å². The standard InChI is InChI=1S/C32H34N2O/c35-26-31(27-10-4-1-5-11-27)18-23-34(24-19-31)25-20-32(28-12-6-2-7-13-28,29-14-8-3-9-15-29)30-16-21-33-22-17-30/h1-17,21-22,35H,18-20,23-26H2. The SMILES string of the molecule is OCC1(c2ccccc2)CCN(CCC(c2ccccc2)(c2ccccc2)c2ccncc2)CC1. The molecule has 178 valence electrons. The number of aliphatic hydroxyl groups is 1. The van der Waals surface area contributed by atoms with Gasteiger partial charge in [-0.25, -0.2) is 0 Å². The number of hydrogen-bond donors (Lipinski definition) is 1. The average Bonchev–Trinajstić information content (AvgIpc) is 2.96. The van der Waals surface area contributed by atoms with Crippen molar-refractivity contribution >= 4 is 0 Å². The Hall–Kier alpha value is -3.27. The molecule has 4 aromatic rings. The van der Waals surface area contributed by atoms with Crippen molar-refractivity contribution in [2.45, 2.75) is 30.1 Å². The number of rotatable bonds is 8. The zero-order chi connectivity index (χ0) is 24.0. The van der Waals surface area contributed by atoms with Crippen LogP contribution in [0.3, 0.4) is 0 Å². The molecule has 1 fully saturated rings. The molecule has 1 aliphatic rings. The molecule has 0 amide bonds. The van der Waals surface area contributed by atoms with Gasteiger partial charge in [0.15, 0.2) is 0 Å². The highest BCUT2D eigenvalue weighted by atomic mass is 16.3. The van der Waals surface area contributed by atoms with Crippen LogP contribution in [0.2, 0.25) is 0 Å². The molecule has 1 N–H and O–H groups in total. The molecule has 5 rings (SSSR count). The van der Waals surface area contributed by atoms with E-state index in [1.165, 1.54) is 22.3 Å². The molecular formula is C32H34N2O. The number of aliphatic hydroxyl groups excluding tert-OH is 1. The summed E-state index contributed by atoms with van der Waals surface area (Å²) in [4.78, 5) is 6.90. The van der Waals surface area contributed by atoms with Gasteiger partial charge in [-0.05, 0) is 73.3 Å². The number of hydrogen-bond acceptors (Lipinski definition) is 3. The molecule has 1 aromatic heterocycles. The first-order valence-electron chi connectivity index (χ1n) is 12.7. The summed E-state index contributed by atoms with van der Waals surface area (Å²) in [6.07, 6.45) is 6.75. The second-order valence-electron chi connectivity index (χ2n) is 9.77. The minimum Gasteiger partial charge on any atom is -0.395 e. The fraction of sp³-hybridized carbons (Fsp3) is 0.281. The molecule has 35 heavy (non-hydrogen) atoms. The van der Waals surface area contributed by atoms with E-state index in [0.29, 0.717) is 0 Å². The second kappa shape index (κ2) is 10.6. The van der Waals surface area contributed by atoms with Crippen LogP contribution in [0.1, 0.15) is 41.5 Å². The Labute approximate surface area is 209 Å². The number of likely N-dealkylation sites (tertiary alicyclic amines) is 1. The molecule has 0 radical (unpaired) electrons. The lowest BCUT2D eigenvalue weighted by molar-refractivity contribution is 0.0983. The van der Waals surface area contributed by atoms with Crippen LogP contribution in [-0.4, -0.2) is 41.2 Å². The summed E-state index contributed by atoms with van der Waals surface area (Å²) in [5.41, 5.74) is 4.78. The summed E-state index contributed by atoms with van der Waals surface area (Å²) in [5, 5.41) is 10.4. The van der Waals surface area contributed by atoms with E-state index in [2.05, 4.69) is 113 Å².